The van der Waals surface area contributed by atoms with E-state index in [4.69, 9.17) is 16.1 Å². The third-order valence-corrected chi connectivity index (χ3v) is 3.78. The Morgan fingerprint density at radius 2 is 2.00 bits per heavy atom. The van der Waals surface area contributed by atoms with E-state index in [2.05, 4.69) is 15.1 Å². The molecule has 0 saturated carbocycles. The second kappa shape index (κ2) is 5.30. The van der Waals surface area contributed by atoms with E-state index in [9.17, 15) is 9.50 Å². The monoisotopic (exact) mass is 321 g/mol. The molecule has 3 rings (SSSR count). The quantitative estimate of drug-likeness (QED) is 0.728. The molecule has 0 aliphatic heterocycles. The number of aliphatic hydroxyl groups is 1. The molecule has 5 nitrogen and oxygen atoms in total. The van der Waals surface area contributed by atoms with Crippen LogP contribution in [-0.2, 0) is 0 Å². The zero-order valence-electron chi connectivity index (χ0n) is 12.2. The molecule has 3 aromatic rings. The van der Waals surface area contributed by atoms with Crippen LogP contribution in [-0.4, -0.2) is 20.2 Å². The number of halogens is 2. The van der Waals surface area contributed by atoms with E-state index in [1.807, 2.05) is 0 Å². The van der Waals surface area contributed by atoms with Gasteiger partial charge in [0.05, 0.1) is 11.7 Å². The zero-order valence-corrected chi connectivity index (χ0v) is 12.9. The maximum atomic E-state index is 14.2. The molecule has 0 bridgehead atoms. The highest BCUT2D eigenvalue weighted by Crippen LogP contribution is 2.35. The van der Waals surface area contributed by atoms with Crippen molar-refractivity contribution >= 4 is 22.5 Å². The second-order valence-electron chi connectivity index (χ2n) is 5.12. The normalized spacial score (nSPS) is 12.8. The highest BCUT2D eigenvalue weighted by molar-refractivity contribution is 6.32. The van der Waals surface area contributed by atoms with Crippen LogP contribution < -0.4 is 0 Å². The fourth-order valence-electron chi connectivity index (χ4n) is 2.35. The zero-order chi connectivity index (χ0) is 16.0. The van der Waals surface area contributed by atoms with Crippen LogP contribution >= 0.6 is 11.6 Å². The van der Waals surface area contributed by atoms with Gasteiger partial charge < -0.3 is 9.63 Å². The van der Waals surface area contributed by atoms with Crippen molar-refractivity contribution in [1.29, 1.82) is 0 Å². The molecule has 2 heterocycles. The molecule has 0 aliphatic rings. The fourth-order valence-corrected chi connectivity index (χ4v) is 2.66. The van der Waals surface area contributed by atoms with Crippen molar-refractivity contribution in [3.8, 4) is 11.5 Å². The summed E-state index contributed by atoms with van der Waals surface area (Å²) in [5, 5.41) is 14.1. The van der Waals surface area contributed by atoms with Gasteiger partial charge >= 0.3 is 0 Å². The van der Waals surface area contributed by atoms with E-state index in [-0.39, 0.29) is 16.6 Å². The van der Waals surface area contributed by atoms with Crippen molar-refractivity contribution in [3.05, 3.63) is 40.1 Å². The first-order valence-electron chi connectivity index (χ1n) is 6.66. The van der Waals surface area contributed by atoms with Crippen molar-refractivity contribution in [2.24, 2.45) is 0 Å². The molecule has 114 valence electrons. The number of pyridine rings is 1. The number of aromatic nitrogens is 3. The van der Waals surface area contributed by atoms with Gasteiger partial charge in [-0.2, -0.15) is 4.98 Å². The van der Waals surface area contributed by atoms with Crippen LogP contribution in [0, 0.1) is 19.7 Å². The van der Waals surface area contributed by atoms with Crippen molar-refractivity contribution < 1.29 is 14.0 Å². The van der Waals surface area contributed by atoms with Crippen molar-refractivity contribution in [2.75, 3.05) is 0 Å². The summed E-state index contributed by atoms with van der Waals surface area (Å²) in [5.41, 5.74) is 1.74. The average Bonchev–Trinajstić information content (AvgIpc) is 2.86. The van der Waals surface area contributed by atoms with Crippen LogP contribution in [0.3, 0.4) is 0 Å². The minimum Gasteiger partial charge on any atom is -0.389 e. The molecule has 2 aromatic heterocycles. The summed E-state index contributed by atoms with van der Waals surface area (Å²) in [5.74, 6) is 0.165. The minimum absolute atomic E-state index is 0.0948. The van der Waals surface area contributed by atoms with Gasteiger partial charge in [-0.25, -0.2) is 9.37 Å². The number of aryl methyl sites for hydroxylation is 2. The molecule has 1 atom stereocenters. The fraction of sp³-hybridized carbons (Fsp3) is 0.267. The third kappa shape index (κ3) is 2.34. The summed E-state index contributed by atoms with van der Waals surface area (Å²) in [7, 11) is 0. The molecule has 1 N–H and O–H groups in total. The molecular formula is C15H13ClFN3O2. The van der Waals surface area contributed by atoms with Gasteiger partial charge in [0.2, 0.25) is 0 Å². The van der Waals surface area contributed by atoms with Gasteiger partial charge in [0.15, 0.2) is 5.82 Å². The van der Waals surface area contributed by atoms with E-state index in [0.717, 1.165) is 0 Å². The van der Waals surface area contributed by atoms with Crippen LogP contribution in [0.15, 0.2) is 16.7 Å². The van der Waals surface area contributed by atoms with Gasteiger partial charge in [0, 0.05) is 5.39 Å². The Kier molecular flexibility index (Phi) is 3.58. The molecule has 0 unspecified atom stereocenters. The minimum atomic E-state index is -0.789. The molecule has 0 saturated heterocycles. The second-order valence-corrected chi connectivity index (χ2v) is 5.48. The molecule has 1 aromatic carbocycles. The van der Waals surface area contributed by atoms with E-state index in [1.165, 1.54) is 6.07 Å². The SMILES string of the molecule is Cc1noc(-c2c(Cl)nc3c(F)cc([C@@H](C)O)cc3c2C)n1. The first kappa shape index (κ1) is 14.9. The van der Waals surface area contributed by atoms with Crippen LogP contribution in [0.1, 0.15) is 30.0 Å². The van der Waals surface area contributed by atoms with E-state index in [0.29, 0.717) is 27.9 Å². The summed E-state index contributed by atoms with van der Waals surface area (Å²) in [6.07, 6.45) is -0.789. The topological polar surface area (TPSA) is 72.0 Å². The summed E-state index contributed by atoms with van der Waals surface area (Å²) in [6.45, 7) is 5.04. The number of benzene rings is 1. The van der Waals surface area contributed by atoms with Crippen LogP contribution in [0.4, 0.5) is 4.39 Å². The van der Waals surface area contributed by atoms with Crippen LogP contribution in [0.5, 0.6) is 0 Å². The summed E-state index contributed by atoms with van der Waals surface area (Å²) < 4.78 is 19.4. The van der Waals surface area contributed by atoms with Gasteiger partial charge in [0.1, 0.15) is 16.5 Å². The Balaban J connectivity index is 2.36. The number of fused-ring (bicyclic) bond motifs is 1. The van der Waals surface area contributed by atoms with Crippen LogP contribution in [0.25, 0.3) is 22.4 Å². The maximum absolute atomic E-state index is 14.2. The standard InChI is InChI=1S/C15H13ClFN3O2/c1-6-10-4-9(7(2)21)5-11(17)13(10)19-14(16)12(6)15-18-8(3)20-22-15/h4-5,7,21H,1-3H3/t7-/m1/s1. The van der Waals surface area contributed by atoms with Crippen molar-refractivity contribution in [3.63, 3.8) is 0 Å². The van der Waals surface area contributed by atoms with E-state index in [1.54, 1.807) is 26.8 Å². The lowest BCUT2D eigenvalue weighted by molar-refractivity contribution is 0.199. The van der Waals surface area contributed by atoms with Gasteiger partial charge in [0.25, 0.3) is 5.89 Å². The Hall–Kier alpha value is -2.05. The number of hydrogen-bond acceptors (Lipinski definition) is 5. The van der Waals surface area contributed by atoms with Crippen LogP contribution in [0.2, 0.25) is 5.15 Å². The molecule has 0 radical (unpaired) electrons. The molecule has 0 spiro atoms. The summed E-state index contributed by atoms with van der Waals surface area (Å²) in [6, 6.07) is 2.95. The third-order valence-electron chi connectivity index (χ3n) is 3.50. The lowest BCUT2D eigenvalue weighted by Crippen LogP contribution is -1.98. The highest BCUT2D eigenvalue weighted by atomic mass is 35.5. The Labute approximate surface area is 130 Å². The molecular weight excluding hydrogens is 309 g/mol. The van der Waals surface area contributed by atoms with Gasteiger partial charge in [-0.1, -0.05) is 16.8 Å². The predicted octanol–water partition coefficient (Wildman–Crippen LogP) is 3.75. The molecule has 7 heteroatoms. The Morgan fingerprint density at radius 3 is 2.59 bits per heavy atom. The van der Waals surface area contributed by atoms with E-state index >= 15 is 0 Å². The first-order chi connectivity index (χ1) is 10.4. The predicted molar refractivity (Wildman–Crippen MR) is 80.1 cm³/mol. The number of aliphatic hydroxyl groups excluding tert-OH is 1. The number of hydrogen-bond donors (Lipinski definition) is 1. The lowest BCUT2D eigenvalue weighted by Gasteiger charge is -2.12. The number of rotatable bonds is 2. The largest absolute Gasteiger partial charge is 0.389 e. The van der Waals surface area contributed by atoms with Crippen molar-refractivity contribution in [1.82, 2.24) is 15.1 Å². The maximum Gasteiger partial charge on any atom is 0.261 e. The van der Waals surface area contributed by atoms with Gasteiger partial charge in [-0.05, 0) is 44.0 Å². The summed E-state index contributed by atoms with van der Waals surface area (Å²) in [4.78, 5) is 8.25. The van der Waals surface area contributed by atoms with Gasteiger partial charge in [-0.15, -0.1) is 0 Å². The highest BCUT2D eigenvalue weighted by Gasteiger charge is 2.20. The lowest BCUT2D eigenvalue weighted by atomic mass is 10.0. The smallest absolute Gasteiger partial charge is 0.261 e. The Bertz CT molecular complexity index is 877. The molecule has 22 heavy (non-hydrogen) atoms. The molecule has 0 amide bonds. The Morgan fingerprint density at radius 1 is 1.27 bits per heavy atom. The number of nitrogens with zero attached hydrogens (tertiary/aromatic N) is 3. The summed E-state index contributed by atoms with van der Waals surface area (Å²) >= 11 is 6.17. The average molecular weight is 322 g/mol. The van der Waals surface area contributed by atoms with E-state index < -0.39 is 11.9 Å². The van der Waals surface area contributed by atoms with Crippen molar-refractivity contribution in [2.45, 2.75) is 26.9 Å². The first-order valence-corrected chi connectivity index (χ1v) is 7.04. The molecule has 0 fully saturated rings. The van der Waals surface area contributed by atoms with Gasteiger partial charge in [-0.3, -0.25) is 0 Å². The molecule has 0 aliphatic carbocycles.